The number of hydrogen-bond acceptors (Lipinski definition) is 3. The Morgan fingerprint density at radius 2 is 1.88 bits per heavy atom. The highest BCUT2D eigenvalue weighted by Gasteiger charge is 2.07. The molecule has 2 aromatic carbocycles. The van der Waals surface area contributed by atoms with Gasteiger partial charge in [-0.3, -0.25) is 4.99 Å². The Morgan fingerprint density at radius 1 is 1.12 bits per heavy atom. The lowest BCUT2D eigenvalue weighted by atomic mass is 10.1. The number of guanidine groups is 1. The summed E-state index contributed by atoms with van der Waals surface area (Å²) in [5.41, 5.74) is 2.35. The molecule has 0 aliphatic carbocycles. The number of aryl methyl sites for hydroxylation is 1. The molecule has 0 fully saturated rings. The van der Waals surface area contributed by atoms with Crippen LogP contribution in [0.3, 0.4) is 0 Å². The zero-order valence-electron chi connectivity index (χ0n) is 14.7. The number of aliphatic imine (C=N–C) groups is 1. The van der Waals surface area contributed by atoms with Crippen LogP contribution in [0, 0.1) is 0 Å². The van der Waals surface area contributed by atoms with Crippen LogP contribution in [0.4, 0.5) is 0 Å². The first kappa shape index (κ1) is 17.4. The second-order valence-electron chi connectivity index (χ2n) is 5.95. The number of benzene rings is 2. The molecule has 4 nitrogen and oxygen atoms in total. The van der Waals surface area contributed by atoms with E-state index in [0.29, 0.717) is 0 Å². The van der Waals surface area contributed by atoms with Crippen LogP contribution in [0.1, 0.15) is 30.0 Å². The monoisotopic (exact) mass is 352 g/mol. The molecule has 0 radical (unpaired) electrons. The first-order valence-electron chi connectivity index (χ1n) is 8.63. The van der Waals surface area contributed by atoms with E-state index in [1.54, 1.807) is 18.4 Å². The van der Waals surface area contributed by atoms with E-state index in [1.165, 1.54) is 15.3 Å². The molecule has 0 amide bonds. The maximum Gasteiger partial charge on any atom is 0.191 e. The first-order chi connectivity index (χ1) is 12.3. The van der Waals surface area contributed by atoms with Crippen LogP contribution in [0.2, 0.25) is 0 Å². The van der Waals surface area contributed by atoms with Crippen molar-refractivity contribution in [2.45, 2.75) is 25.8 Å². The minimum atomic E-state index is 0.219. The number of nitrogens with one attached hydrogen (secondary N) is 2. The predicted molar refractivity (Wildman–Crippen MR) is 107 cm³/mol. The van der Waals surface area contributed by atoms with Gasteiger partial charge in [-0.25, -0.2) is 4.98 Å². The lowest BCUT2D eigenvalue weighted by Crippen LogP contribution is -2.39. The second-order valence-corrected chi connectivity index (χ2v) is 7.07. The molecule has 0 spiro atoms. The van der Waals surface area contributed by atoms with E-state index in [-0.39, 0.29) is 6.04 Å². The summed E-state index contributed by atoms with van der Waals surface area (Å²) < 4.78 is 1.26. The van der Waals surface area contributed by atoms with Crippen LogP contribution >= 0.6 is 11.3 Å². The Bertz CT molecular complexity index is 793. The summed E-state index contributed by atoms with van der Waals surface area (Å²) in [4.78, 5) is 9.00. The van der Waals surface area contributed by atoms with Crippen molar-refractivity contribution in [3.8, 4) is 0 Å². The van der Waals surface area contributed by atoms with Gasteiger partial charge in [0, 0.05) is 20.0 Å². The van der Waals surface area contributed by atoms with Gasteiger partial charge in [0.25, 0.3) is 0 Å². The summed E-state index contributed by atoms with van der Waals surface area (Å²) in [6, 6.07) is 18.9. The molecule has 25 heavy (non-hydrogen) atoms. The smallest absolute Gasteiger partial charge is 0.191 e. The fraction of sp³-hybridized carbons (Fsp3) is 0.300. The molecule has 1 unspecified atom stereocenters. The molecule has 0 bridgehead atoms. The molecule has 0 aliphatic rings. The summed E-state index contributed by atoms with van der Waals surface area (Å²) in [5, 5.41) is 8.02. The highest BCUT2D eigenvalue weighted by atomic mass is 32.1. The Labute approximate surface area is 153 Å². The van der Waals surface area contributed by atoms with Crippen molar-refractivity contribution >= 4 is 27.5 Å². The number of rotatable bonds is 6. The van der Waals surface area contributed by atoms with E-state index >= 15 is 0 Å². The molecule has 1 atom stereocenters. The summed E-state index contributed by atoms with van der Waals surface area (Å²) in [5.74, 6) is 0.834. The molecule has 2 N–H and O–H groups in total. The van der Waals surface area contributed by atoms with Gasteiger partial charge in [0.15, 0.2) is 5.96 Å². The molecule has 5 heteroatoms. The van der Waals surface area contributed by atoms with E-state index < -0.39 is 0 Å². The molecule has 1 heterocycles. The number of aromatic nitrogens is 1. The fourth-order valence-corrected chi connectivity index (χ4v) is 3.71. The normalized spacial score (nSPS) is 13.0. The van der Waals surface area contributed by atoms with Crippen LogP contribution in [0.25, 0.3) is 10.2 Å². The molecule has 1 aromatic heterocycles. The predicted octanol–water partition coefficient (Wildman–Crippen LogP) is 4.16. The topological polar surface area (TPSA) is 49.3 Å². The lowest BCUT2D eigenvalue weighted by Gasteiger charge is -2.18. The van der Waals surface area contributed by atoms with Gasteiger partial charge in [0.05, 0.1) is 21.3 Å². The minimum Gasteiger partial charge on any atom is -0.356 e. The van der Waals surface area contributed by atoms with Crippen LogP contribution in [0.15, 0.2) is 59.6 Å². The maximum atomic E-state index is 4.68. The summed E-state index contributed by atoms with van der Waals surface area (Å²) in [7, 11) is 1.81. The molecule has 0 saturated carbocycles. The highest BCUT2D eigenvalue weighted by Crippen LogP contribution is 2.22. The van der Waals surface area contributed by atoms with Crippen LogP contribution in [-0.4, -0.2) is 24.5 Å². The van der Waals surface area contributed by atoms with E-state index in [9.17, 15) is 0 Å². The Kier molecular flexibility index (Phi) is 6.01. The zero-order valence-corrected chi connectivity index (χ0v) is 15.5. The summed E-state index contributed by atoms with van der Waals surface area (Å²) >= 11 is 1.79. The van der Waals surface area contributed by atoms with Crippen LogP contribution in [-0.2, 0) is 6.42 Å². The largest absolute Gasteiger partial charge is 0.356 e. The average Bonchev–Trinajstić information content (AvgIpc) is 3.07. The Hall–Kier alpha value is -2.40. The van der Waals surface area contributed by atoms with Gasteiger partial charge in [0.1, 0.15) is 0 Å². The number of para-hydroxylation sites is 1. The van der Waals surface area contributed by atoms with E-state index in [1.807, 2.05) is 12.1 Å². The molecule has 0 saturated heterocycles. The molecule has 3 rings (SSSR count). The number of hydrogen-bond donors (Lipinski definition) is 2. The van der Waals surface area contributed by atoms with Crippen molar-refractivity contribution in [1.29, 1.82) is 0 Å². The van der Waals surface area contributed by atoms with Crippen molar-refractivity contribution in [2.24, 2.45) is 4.99 Å². The lowest BCUT2D eigenvalue weighted by molar-refractivity contribution is 0.674. The molecule has 0 aliphatic heterocycles. The number of thiazole rings is 1. The molecular formula is C20H24N4S. The van der Waals surface area contributed by atoms with Gasteiger partial charge in [-0.15, -0.1) is 11.3 Å². The molecular weight excluding hydrogens is 328 g/mol. The van der Waals surface area contributed by atoms with Crippen LogP contribution < -0.4 is 10.6 Å². The maximum absolute atomic E-state index is 4.68. The Balaban J connectivity index is 1.45. The van der Waals surface area contributed by atoms with Crippen molar-refractivity contribution < 1.29 is 0 Å². The van der Waals surface area contributed by atoms with Gasteiger partial charge >= 0.3 is 0 Å². The molecule has 3 aromatic rings. The van der Waals surface area contributed by atoms with Crippen molar-refractivity contribution in [3.05, 3.63) is 65.2 Å². The first-order valence-corrected chi connectivity index (χ1v) is 9.44. The standard InChI is InChI=1S/C20H24N4S/c1-15(16-9-4-3-5-10-16)23-20(21-2)22-14-8-13-19-24-17-11-6-7-12-18(17)25-19/h3-7,9-12,15H,8,13-14H2,1-2H3,(H2,21,22,23). The minimum absolute atomic E-state index is 0.219. The second kappa shape index (κ2) is 8.62. The van der Waals surface area contributed by atoms with Crippen molar-refractivity contribution in [1.82, 2.24) is 15.6 Å². The van der Waals surface area contributed by atoms with Crippen molar-refractivity contribution in [3.63, 3.8) is 0 Å². The zero-order chi connectivity index (χ0) is 17.5. The van der Waals surface area contributed by atoms with Gasteiger partial charge in [0.2, 0.25) is 0 Å². The van der Waals surface area contributed by atoms with Crippen LogP contribution in [0.5, 0.6) is 0 Å². The van der Waals surface area contributed by atoms with Gasteiger partial charge < -0.3 is 10.6 Å². The van der Waals surface area contributed by atoms with Crippen molar-refractivity contribution in [2.75, 3.05) is 13.6 Å². The van der Waals surface area contributed by atoms with E-state index in [4.69, 9.17) is 0 Å². The molecule has 130 valence electrons. The fourth-order valence-electron chi connectivity index (χ4n) is 2.70. The van der Waals surface area contributed by atoms with Gasteiger partial charge in [-0.2, -0.15) is 0 Å². The van der Waals surface area contributed by atoms with E-state index in [0.717, 1.165) is 30.9 Å². The highest BCUT2D eigenvalue weighted by molar-refractivity contribution is 7.18. The Morgan fingerprint density at radius 3 is 2.64 bits per heavy atom. The van der Waals surface area contributed by atoms with E-state index in [2.05, 4.69) is 70.0 Å². The average molecular weight is 353 g/mol. The third-order valence-corrected chi connectivity index (χ3v) is 5.17. The van der Waals surface area contributed by atoms with Gasteiger partial charge in [-0.05, 0) is 31.0 Å². The number of fused-ring (bicyclic) bond motifs is 1. The van der Waals surface area contributed by atoms with Gasteiger partial charge in [-0.1, -0.05) is 42.5 Å². The number of nitrogens with zero attached hydrogens (tertiary/aromatic N) is 2. The SMILES string of the molecule is CN=C(NCCCc1nc2ccccc2s1)NC(C)c1ccccc1. The quantitative estimate of drug-likeness (QED) is 0.398. The third kappa shape index (κ3) is 4.79. The summed E-state index contributed by atoms with van der Waals surface area (Å²) in [6.45, 7) is 3.01. The third-order valence-electron chi connectivity index (χ3n) is 4.07. The summed E-state index contributed by atoms with van der Waals surface area (Å²) in [6.07, 6.45) is 2.01.